The summed E-state index contributed by atoms with van der Waals surface area (Å²) in [6, 6.07) is 6.97. The fourth-order valence-electron chi connectivity index (χ4n) is 2.74. The van der Waals surface area contributed by atoms with Gasteiger partial charge in [-0.25, -0.2) is 0 Å². The summed E-state index contributed by atoms with van der Waals surface area (Å²) < 4.78 is 5.29. The second kappa shape index (κ2) is 6.92. The molecule has 0 fully saturated rings. The van der Waals surface area contributed by atoms with Crippen molar-refractivity contribution in [2.45, 2.75) is 51.2 Å². The highest BCUT2D eigenvalue weighted by Gasteiger charge is 2.18. The first-order valence-corrected chi connectivity index (χ1v) is 7.26. The molecule has 2 N–H and O–H groups in total. The van der Waals surface area contributed by atoms with Crippen molar-refractivity contribution in [3.05, 3.63) is 29.3 Å². The van der Waals surface area contributed by atoms with Gasteiger partial charge in [-0.1, -0.05) is 6.07 Å². The lowest BCUT2D eigenvalue weighted by atomic mass is 9.88. The Bertz CT molecular complexity index is 404. The van der Waals surface area contributed by atoms with Crippen LogP contribution in [0.25, 0.3) is 0 Å². The van der Waals surface area contributed by atoms with Gasteiger partial charge < -0.3 is 15.2 Å². The summed E-state index contributed by atoms with van der Waals surface area (Å²) in [5.41, 5.74) is 2.88. The van der Waals surface area contributed by atoms with E-state index in [2.05, 4.69) is 23.5 Å². The fraction of sp³-hybridized carbons (Fsp3) is 0.625. The van der Waals surface area contributed by atoms with Crippen LogP contribution < -0.4 is 10.1 Å². The molecule has 19 heavy (non-hydrogen) atoms. The van der Waals surface area contributed by atoms with Crippen molar-refractivity contribution < 1.29 is 9.84 Å². The van der Waals surface area contributed by atoms with Crippen LogP contribution in [0.15, 0.2) is 18.2 Å². The maximum atomic E-state index is 9.24. The molecule has 106 valence electrons. The van der Waals surface area contributed by atoms with Gasteiger partial charge in [0, 0.05) is 6.04 Å². The molecule has 1 aliphatic carbocycles. The summed E-state index contributed by atoms with van der Waals surface area (Å²) in [5.74, 6) is 0.952. The van der Waals surface area contributed by atoms with Crippen LogP contribution in [-0.4, -0.2) is 30.9 Å². The number of hydrogen-bond acceptors (Lipinski definition) is 3. The van der Waals surface area contributed by atoms with E-state index in [9.17, 15) is 5.11 Å². The number of aliphatic hydroxyl groups is 1. The van der Waals surface area contributed by atoms with Gasteiger partial charge in [0.1, 0.15) is 5.75 Å². The van der Waals surface area contributed by atoms with Gasteiger partial charge >= 0.3 is 0 Å². The Balaban J connectivity index is 1.83. The van der Waals surface area contributed by atoms with Crippen LogP contribution in [0, 0.1) is 0 Å². The molecule has 0 saturated heterocycles. The average Bonchev–Trinajstić information content (AvgIpc) is 2.42. The SMILES string of the molecule is COc1ccc2c(c1)CC(NCCCC(C)O)CC2. The maximum absolute atomic E-state index is 9.24. The van der Waals surface area contributed by atoms with Gasteiger partial charge in [0.25, 0.3) is 0 Å². The largest absolute Gasteiger partial charge is 0.497 e. The van der Waals surface area contributed by atoms with Crippen LogP contribution in [0.4, 0.5) is 0 Å². The molecule has 0 aliphatic heterocycles. The van der Waals surface area contributed by atoms with Gasteiger partial charge in [-0.2, -0.15) is 0 Å². The summed E-state index contributed by atoms with van der Waals surface area (Å²) in [6.45, 7) is 2.85. The first-order chi connectivity index (χ1) is 9.19. The lowest BCUT2D eigenvalue weighted by Gasteiger charge is -2.26. The highest BCUT2D eigenvalue weighted by molar-refractivity contribution is 5.37. The predicted octanol–water partition coefficient (Wildman–Crippen LogP) is 2.30. The average molecular weight is 263 g/mol. The topological polar surface area (TPSA) is 41.5 Å². The monoisotopic (exact) mass is 263 g/mol. The van der Waals surface area contributed by atoms with E-state index in [-0.39, 0.29) is 6.10 Å². The second-order valence-electron chi connectivity index (χ2n) is 5.52. The van der Waals surface area contributed by atoms with Crippen molar-refractivity contribution in [1.82, 2.24) is 5.32 Å². The van der Waals surface area contributed by atoms with E-state index in [1.54, 1.807) is 7.11 Å². The second-order valence-corrected chi connectivity index (χ2v) is 5.52. The van der Waals surface area contributed by atoms with Gasteiger partial charge in [0.2, 0.25) is 0 Å². The third-order valence-electron chi connectivity index (χ3n) is 3.87. The molecule has 1 aromatic carbocycles. The third-order valence-corrected chi connectivity index (χ3v) is 3.87. The van der Waals surface area contributed by atoms with Crippen molar-refractivity contribution in [3.63, 3.8) is 0 Å². The molecule has 0 heterocycles. The lowest BCUT2D eigenvalue weighted by Crippen LogP contribution is -2.35. The van der Waals surface area contributed by atoms with Crippen molar-refractivity contribution in [3.8, 4) is 5.75 Å². The molecule has 0 radical (unpaired) electrons. The van der Waals surface area contributed by atoms with E-state index in [0.717, 1.165) is 38.0 Å². The van der Waals surface area contributed by atoms with Crippen molar-refractivity contribution in [2.75, 3.05) is 13.7 Å². The molecule has 0 aromatic heterocycles. The molecule has 1 aromatic rings. The number of hydrogen-bond donors (Lipinski definition) is 2. The number of aryl methyl sites for hydroxylation is 1. The molecule has 2 rings (SSSR count). The van der Waals surface area contributed by atoms with E-state index in [1.807, 2.05) is 6.92 Å². The Morgan fingerprint density at radius 2 is 2.26 bits per heavy atom. The van der Waals surface area contributed by atoms with E-state index < -0.39 is 0 Å². The Morgan fingerprint density at radius 1 is 1.42 bits per heavy atom. The number of ether oxygens (including phenoxy) is 1. The summed E-state index contributed by atoms with van der Waals surface area (Å²) in [7, 11) is 1.72. The Hall–Kier alpha value is -1.06. The molecule has 0 bridgehead atoms. The summed E-state index contributed by atoms with van der Waals surface area (Å²) >= 11 is 0. The third kappa shape index (κ3) is 4.22. The maximum Gasteiger partial charge on any atom is 0.119 e. The summed E-state index contributed by atoms with van der Waals surface area (Å²) in [5, 5.41) is 12.8. The zero-order chi connectivity index (χ0) is 13.7. The van der Waals surface area contributed by atoms with Gasteiger partial charge in [-0.15, -0.1) is 0 Å². The predicted molar refractivity (Wildman–Crippen MR) is 77.7 cm³/mol. The Labute approximate surface area is 116 Å². The number of nitrogens with one attached hydrogen (secondary N) is 1. The number of rotatable bonds is 6. The standard InChI is InChI=1S/C16H25NO2/c1-12(18)4-3-9-17-15-7-5-13-6-8-16(19-2)11-14(13)10-15/h6,8,11-12,15,17-18H,3-5,7,9-10H2,1-2H3. The molecular weight excluding hydrogens is 238 g/mol. The smallest absolute Gasteiger partial charge is 0.119 e. The minimum atomic E-state index is -0.182. The van der Waals surface area contributed by atoms with Crippen molar-refractivity contribution in [2.24, 2.45) is 0 Å². The summed E-state index contributed by atoms with van der Waals surface area (Å²) in [6.07, 6.45) is 5.17. The Kier molecular flexibility index (Phi) is 5.23. The van der Waals surface area contributed by atoms with Gasteiger partial charge in [0.15, 0.2) is 0 Å². The number of benzene rings is 1. The van der Waals surface area contributed by atoms with Crippen LogP contribution >= 0.6 is 0 Å². The first kappa shape index (κ1) is 14.4. The molecule has 0 spiro atoms. The Morgan fingerprint density at radius 3 is 3.00 bits per heavy atom. The molecule has 3 nitrogen and oxygen atoms in total. The zero-order valence-electron chi connectivity index (χ0n) is 12.0. The van der Waals surface area contributed by atoms with Gasteiger partial charge in [0.05, 0.1) is 13.2 Å². The van der Waals surface area contributed by atoms with E-state index in [4.69, 9.17) is 4.74 Å². The minimum absolute atomic E-state index is 0.182. The van der Waals surface area contributed by atoms with Crippen molar-refractivity contribution >= 4 is 0 Å². The van der Waals surface area contributed by atoms with Gasteiger partial charge in [-0.3, -0.25) is 0 Å². The summed E-state index contributed by atoms with van der Waals surface area (Å²) in [4.78, 5) is 0. The van der Waals surface area contributed by atoms with Crippen LogP contribution in [-0.2, 0) is 12.8 Å². The van der Waals surface area contributed by atoms with E-state index in [0.29, 0.717) is 6.04 Å². The normalized spacial score (nSPS) is 19.8. The molecule has 0 amide bonds. The quantitative estimate of drug-likeness (QED) is 0.774. The first-order valence-electron chi connectivity index (χ1n) is 7.26. The van der Waals surface area contributed by atoms with Crippen LogP contribution in [0.3, 0.4) is 0 Å². The minimum Gasteiger partial charge on any atom is -0.497 e. The van der Waals surface area contributed by atoms with E-state index >= 15 is 0 Å². The highest BCUT2D eigenvalue weighted by atomic mass is 16.5. The number of aliphatic hydroxyl groups excluding tert-OH is 1. The molecule has 2 atom stereocenters. The number of fused-ring (bicyclic) bond motifs is 1. The fourth-order valence-corrected chi connectivity index (χ4v) is 2.74. The zero-order valence-corrected chi connectivity index (χ0v) is 12.0. The molecule has 1 aliphatic rings. The molecule has 0 saturated carbocycles. The van der Waals surface area contributed by atoms with Crippen LogP contribution in [0.5, 0.6) is 5.75 Å². The van der Waals surface area contributed by atoms with Gasteiger partial charge in [-0.05, 0) is 68.8 Å². The lowest BCUT2D eigenvalue weighted by molar-refractivity contribution is 0.180. The molecule has 2 unspecified atom stereocenters. The van der Waals surface area contributed by atoms with Crippen LogP contribution in [0.2, 0.25) is 0 Å². The molecular formula is C16H25NO2. The van der Waals surface area contributed by atoms with Crippen LogP contribution in [0.1, 0.15) is 37.3 Å². The highest BCUT2D eigenvalue weighted by Crippen LogP contribution is 2.25. The van der Waals surface area contributed by atoms with Crippen molar-refractivity contribution in [1.29, 1.82) is 0 Å². The number of methoxy groups -OCH3 is 1. The van der Waals surface area contributed by atoms with E-state index in [1.165, 1.54) is 17.5 Å². The molecule has 3 heteroatoms.